The van der Waals surface area contributed by atoms with Crippen LogP contribution in [0.25, 0.3) is 11.7 Å². The third-order valence-corrected chi connectivity index (χ3v) is 6.27. The summed E-state index contributed by atoms with van der Waals surface area (Å²) in [5.74, 6) is 0.746. The second-order valence-corrected chi connectivity index (χ2v) is 9.09. The number of carbonyl (C=O) groups excluding carboxylic acids is 1. The topological polar surface area (TPSA) is 73.1 Å². The lowest BCUT2D eigenvalue weighted by molar-refractivity contribution is -0.123. The average molecular weight is 468 g/mol. The number of amides is 1. The fourth-order valence-corrected chi connectivity index (χ4v) is 4.86. The van der Waals surface area contributed by atoms with E-state index in [1.165, 1.54) is 22.5 Å². The molecule has 0 N–H and O–H groups in total. The van der Waals surface area contributed by atoms with Gasteiger partial charge in [0.1, 0.15) is 15.5 Å². The van der Waals surface area contributed by atoms with E-state index in [0.717, 1.165) is 17.3 Å². The van der Waals surface area contributed by atoms with Gasteiger partial charge in [-0.15, -0.1) is 0 Å². The number of nitrogens with zero attached hydrogens (tertiary/aromatic N) is 3. The first-order chi connectivity index (χ1) is 15.3. The summed E-state index contributed by atoms with van der Waals surface area (Å²) in [6.45, 7) is 5.64. The number of thiocarbonyl (C=S) groups is 1. The number of pyridine rings is 1. The molecule has 9 heteroatoms. The smallest absolute Gasteiger partial charge is 0.269 e. The van der Waals surface area contributed by atoms with Gasteiger partial charge in [0, 0.05) is 12.2 Å². The molecular weight excluding hydrogens is 446 g/mol. The van der Waals surface area contributed by atoms with Crippen molar-refractivity contribution in [2.75, 3.05) is 7.11 Å². The summed E-state index contributed by atoms with van der Waals surface area (Å²) in [5.41, 5.74) is 1.09. The lowest BCUT2D eigenvalue weighted by atomic mass is 10.2. The van der Waals surface area contributed by atoms with E-state index in [9.17, 15) is 9.59 Å². The Kier molecular flexibility index (Phi) is 6.03. The van der Waals surface area contributed by atoms with E-state index >= 15 is 0 Å². The van der Waals surface area contributed by atoms with Crippen molar-refractivity contribution in [3.63, 3.8) is 0 Å². The van der Waals surface area contributed by atoms with Gasteiger partial charge in [-0.1, -0.05) is 42.2 Å². The van der Waals surface area contributed by atoms with Crippen LogP contribution in [0.2, 0.25) is 0 Å². The van der Waals surface area contributed by atoms with Gasteiger partial charge in [-0.3, -0.25) is 18.9 Å². The standard InChI is InChI=1S/C23H21N3O4S2/c1-13(2)26-22(28)18(32-23(26)31)12-15-20(30-17-10-6-5-9-16(17)29-4)24-19-14(3)8-7-11-25(19)21(15)27/h5-13H,1-4H3. The molecule has 7 nitrogen and oxygen atoms in total. The van der Waals surface area contributed by atoms with Crippen LogP contribution in [0.1, 0.15) is 25.0 Å². The van der Waals surface area contributed by atoms with Crippen molar-refractivity contribution >= 4 is 45.9 Å². The first-order valence-electron chi connectivity index (χ1n) is 9.91. The molecular formula is C23H21N3O4S2. The van der Waals surface area contributed by atoms with Crippen molar-refractivity contribution in [1.82, 2.24) is 14.3 Å². The molecule has 1 aromatic carbocycles. The van der Waals surface area contributed by atoms with Crippen LogP contribution in [-0.2, 0) is 4.79 Å². The highest BCUT2D eigenvalue weighted by Crippen LogP contribution is 2.36. The van der Waals surface area contributed by atoms with Crippen LogP contribution in [0.5, 0.6) is 17.4 Å². The highest BCUT2D eigenvalue weighted by atomic mass is 32.2. The molecule has 32 heavy (non-hydrogen) atoms. The summed E-state index contributed by atoms with van der Waals surface area (Å²) < 4.78 is 13.3. The van der Waals surface area contributed by atoms with Gasteiger partial charge >= 0.3 is 0 Å². The fourth-order valence-electron chi connectivity index (χ4n) is 3.36. The third-order valence-electron chi connectivity index (χ3n) is 4.94. The lowest BCUT2D eigenvalue weighted by Gasteiger charge is -2.18. The number of para-hydroxylation sites is 2. The van der Waals surface area contributed by atoms with Crippen molar-refractivity contribution < 1.29 is 14.3 Å². The van der Waals surface area contributed by atoms with Crippen molar-refractivity contribution in [3.8, 4) is 17.4 Å². The monoisotopic (exact) mass is 467 g/mol. The minimum atomic E-state index is -0.349. The molecule has 4 rings (SSSR count). The maximum Gasteiger partial charge on any atom is 0.269 e. The Hall–Kier alpha value is -3.17. The fraction of sp³-hybridized carbons (Fsp3) is 0.217. The quantitative estimate of drug-likeness (QED) is 0.406. The van der Waals surface area contributed by atoms with Crippen molar-refractivity contribution in [3.05, 3.63) is 69.0 Å². The highest BCUT2D eigenvalue weighted by molar-refractivity contribution is 8.26. The number of rotatable bonds is 5. The minimum absolute atomic E-state index is 0.0867. The van der Waals surface area contributed by atoms with Gasteiger partial charge in [-0.2, -0.15) is 4.98 Å². The zero-order valence-corrected chi connectivity index (χ0v) is 19.6. The maximum atomic E-state index is 13.4. The Morgan fingerprint density at radius 2 is 1.84 bits per heavy atom. The van der Waals surface area contributed by atoms with E-state index in [0.29, 0.717) is 26.4 Å². The number of aryl methyl sites for hydroxylation is 1. The second-order valence-electron chi connectivity index (χ2n) is 7.42. The number of fused-ring (bicyclic) bond motifs is 1. The van der Waals surface area contributed by atoms with E-state index in [1.807, 2.05) is 32.9 Å². The van der Waals surface area contributed by atoms with E-state index < -0.39 is 0 Å². The number of aromatic nitrogens is 2. The van der Waals surface area contributed by atoms with E-state index in [4.69, 9.17) is 21.7 Å². The molecule has 1 amide bonds. The van der Waals surface area contributed by atoms with Gasteiger partial charge in [0.05, 0.1) is 12.0 Å². The highest BCUT2D eigenvalue weighted by Gasteiger charge is 2.34. The Morgan fingerprint density at radius 1 is 1.12 bits per heavy atom. The van der Waals surface area contributed by atoms with Crippen LogP contribution >= 0.6 is 24.0 Å². The zero-order valence-electron chi connectivity index (χ0n) is 18.0. The molecule has 3 heterocycles. The Bertz CT molecular complexity index is 1330. The first kappa shape index (κ1) is 22.0. The number of methoxy groups -OCH3 is 1. The van der Waals surface area contributed by atoms with Crippen LogP contribution < -0.4 is 15.0 Å². The number of hydrogen-bond donors (Lipinski definition) is 0. The normalized spacial score (nSPS) is 15.3. The molecule has 2 aromatic heterocycles. The molecule has 164 valence electrons. The summed E-state index contributed by atoms with van der Waals surface area (Å²) >= 11 is 6.52. The van der Waals surface area contributed by atoms with Crippen LogP contribution in [0.15, 0.2) is 52.3 Å². The predicted octanol–water partition coefficient (Wildman–Crippen LogP) is 4.41. The molecule has 1 saturated heterocycles. The Balaban J connectivity index is 1.92. The molecule has 3 aromatic rings. The van der Waals surface area contributed by atoms with Crippen LogP contribution in [0.4, 0.5) is 0 Å². The third kappa shape index (κ3) is 3.89. The van der Waals surface area contributed by atoms with Gasteiger partial charge in [0.15, 0.2) is 11.5 Å². The van der Waals surface area contributed by atoms with Gasteiger partial charge in [0.2, 0.25) is 5.88 Å². The predicted molar refractivity (Wildman–Crippen MR) is 129 cm³/mol. The number of thioether (sulfide) groups is 1. The number of hydrogen-bond acceptors (Lipinski definition) is 7. The summed E-state index contributed by atoms with van der Waals surface area (Å²) in [5, 5.41) is 0. The molecule has 1 aliphatic rings. The molecule has 0 aliphatic carbocycles. The molecule has 0 unspecified atom stereocenters. The van der Waals surface area contributed by atoms with Crippen molar-refractivity contribution in [2.45, 2.75) is 26.8 Å². The van der Waals surface area contributed by atoms with Gasteiger partial charge in [-0.25, -0.2) is 0 Å². The molecule has 0 spiro atoms. The molecule has 0 atom stereocenters. The maximum absolute atomic E-state index is 13.4. The van der Waals surface area contributed by atoms with E-state index in [1.54, 1.807) is 30.5 Å². The molecule has 1 fully saturated rings. The van der Waals surface area contributed by atoms with Crippen LogP contribution in [0, 0.1) is 6.92 Å². The second kappa shape index (κ2) is 8.76. The van der Waals surface area contributed by atoms with E-state index in [-0.39, 0.29) is 29.0 Å². The van der Waals surface area contributed by atoms with Gasteiger partial charge in [0.25, 0.3) is 11.5 Å². The van der Waals surface area contributed by atoms with Crippen molar-refractivity contribution in [1.29, 1.82) is 0 Å². The largest absolute Gasteiger partial charge is 0.493 e. The number of carbonyl (C=O) groups is 1. The lowest BCUT2D eigenvalue weighted by Crippen LogP contribution is -2.34. The van der Waals surface area contributed by atoms with E-state index in [2.05, 4.69) is 4.98 Å². The van der Waals surface area contributed by atoms with Crippen LogP contribution in [-0.4, -0.2) is 37.7 Å². The van der Waals surface area contributed by atoms with Gasteiger partial charge < -0.3 is 9.47 Å². The minimum Gasteiger partial charge on any atom is -0.493 e. The summed E-state index contributed by atoms with van der Waals surface area (Å²) in [6.07, 6.45) is 3.15. The number of benzene rings is 1. The molecule has 1 aliphatic heterocycles. The zero-order chi connectivity index (χ0) is 23.0. The van der Waals surface area contributed by atoms with Gasteiger partial charge in [-0.05, 0) is 50.6 Å². The SMILES string of the molecule is COc1ccccc1Oc1nc2c(C)cccn2c(=O)c1C=C1SC(=S)N(C(C)C)C1=O. The summed E-state index contributed by atoms with van der Waals surface area (Å²) in [6, 6.07) is 10.6. The first-order valence-corrected chi connectivity index (χ1v) is 11.1. The Morgan fingerprint density at radius 3 is 2.50 bits per heavy atom. The summed E-state index contributed by atoms with van der Waals surface area (Å²) in [4.78, 5) is 32.9. The molecule has 0 radical (unpaired) electrons. The van der Waals surface area contributed by atoms with Crippen LogP contribution in [0.3, 0.4) is 0 Å². The summed E-state index contributed by atoms with van der Waals surface area (Å²) in [7, 11) is 1.53. The Labute approximate surface area is 194 Å². The average Bonchev–Trinajstić information content (AvgIpc) is 3.05. The molecule has 0 bridgehead atoms. The van der Waals surface area contributed by atoms with Crippen molar-refractivity contribution in [2.24, 2.45) is 0 Å². The molecule has 0 saturated carbocycles. The number of ether oxygens (including phenoxy) is 2.